The van der Waals surface area contributed by atoms with Crippen LogP contribution >= 0.6 is 27.3 Å². The lowest BCUT2D eigenvalue weighted by molar-refractivity contribution is 0.954. The van der Waals surface area contributed by atoms with Crippen molar-refractivity contribution in [2.75, 3.05) is 17.2 Å². The summed E-state index contributed by atoms with van der Waals surface area (Å²) in [4.78, 5) is 17.4. The van der Waals surface area contributed by atoms with Crippen LogP contribution in [0, 0.1) is 0 Å². The number of anilines is 2. The van der Waals surface area contributed by atoms with E-state index in [0.717, 1.165) is 28.8 Å². The molecule has 3 rings (SSSR count). The molecule has 3 aromatic rings. The summed E-state index contributed by atoms with van der Waals surface area (Å²) in [5, 5.41) is 8.61. The summed E-state index contributed by atoms with van der Waals surface area (Å²) in [7, 11) is 0. The van der Waals surface area contributed by atoms with Gasteiger partial charge in [-0.1, -0.05) is 6.92 Å². The lowest BCUT2D eigenvalue weighted by Crippen LogP contribution is -2.08. The Hall–Kier alpha value is -1.67. The number of hydrogen-bond donors (Lipinski definition) is 3. The number of hydrogen-bond acceptors (Lipinski definition) is 6. The summed E-state index contributed by atoms with van der Waals surface area (Å²) in [6, 6.07) is 2.04. The first-order valence-electron chi connectivity index (χ1n) is 6.68. The number of rotatable bonds is 6. The highest BCUT2D eigenvalue weighted by Gasteiger charge is 2.10. The van der Waals surface area contributed by atoms with Gasteiger partial charge in [0.05, 0.1) is 12.9 Å². The van der Waals surface area contributed by atoms with Crippen LogP contribution in [0.3, 0.4) is 0 Å². The van der Waals surface area contributed by atoms with Crippen LogP contribution in [0.5, 0.6) is 0 Å². The Morgan fingerprint density at radius 2 is 2.24 bits per heavy atom. The van der Waals surface area contributed by atoms with Gasteiger partial charge in [0.25, 0.3) is 0 Å². The van der Waals surface area contributed by atoms with Crippen LogP contribution in [-0.2, 0) is 6.54 Å². The molecule has 0 fully saturated rings. The van der Waals surface area contributed by atoms with Crippen LogP contribution in [0.4, 0.5) is 11.8 Å². The molecular formula is C13H15BrN6S. The molecule has 3 aromatic heterocycles. The quantitative estimate of drug-likeness (QED) is 0.620. The number of aromatic amines is 1. The molecule has 0 atom stereocenters. The minimum absolute atomic E-state index is 0.601. The van der Waals surface area contributed by atoms with E-state index in [0.29, 0.717) is 18.1 Å². The molecule has 0 aliphatic carbocycles. The van der Waals surface area contributed by atoms with Gasteiger partial charge in [-0.05, 0) is 33.8 Å². The highest BCUT2D eigenvalue weighted by atomic mass is 79.9. The summed E-state index contributed by atoms with van der Waals surface area (Å²) in [5.41, 5.74) is 1.49. The van der Waals surface area contributed by atoms with Gasteiger partial charge in [0.15, 0.2) is 11.5 Å². The molecule has 0 saturated heterocycles. The minimum atomic E-state index is 0.601. The third-order valence-electron chi connectivity index (χ3n) is 2.93. The molecule has 21 heavy (non-hydrogen) atoms. The van der Waals surface area contributed by atoms with Crippen molar-refractivity contribution in [3.05, 3.63) is 27.1 Å². The van der Waals surface area contributed by atoms with Gasteiger partial charge in [0, 0.05) is 15.9 Å². The highest BCUT2D eigenvalue weighted by molar-refractivity contribution is 9.10. The van der Waals surface area contributed by atoms with Crippen molar-refractivity contribution < 1.29 is 0 Å². The highest BCUT2D eigenvalue weighted by Crippen LogP contribution is 2.25. The van der Waals surface area contributed by atoms with Gasteiger partial charge in [-0.3, -0.25) is 0 Å². The van der Waals surface area contributed by atoms with E-state index in [-0.39, 0.29) is 0 Å². The van der Waals surface area contributed by atoms with Crippen molar-refractivity contribution >= 4 is 50.2 Å². The van der Waals surface area contributed by atoms with Crippen LogP contribution in [0.2, 0.25) is 0 Å². The Balaban J connectivity index is 1.85. The third kappa shape index (κ3) is 3.16. The van der Waals surface area contributed by atoms with E-state index in [1.165, 1.54) is 4.88 Å². The zero-order valence-electron chi connectivity index (χ0n) is 11.5. The van der Waals surface area contributed by atoms with E-state index in [1.54, 1.807) is 17.7 Å². The monoisotopic (exact) mass is 366 g/mol. The van der Waals surface area contributed by atoms with Crippen molar-refractivity contribution in [1.29, 1.82) is 0 Å². The smallest absolute Gasteiger partial charge is 0.226 e. The van der Waals surface area contributed by atoms with Crippen LogP contribution in [-0.4, -0.2) is 26.5 Å². The van der Waals surface area contributed by atoms with Crippen molar-refractivity contribution in [3.8, 4) is 0 Å². The number of nitrogens with zero attached hydrogens (tertiary/aromatic N) is 3. The first-order chi connectivity index (χ1) is 10.3. The maximum absolute atomic E-state index is 4.52. The van der Waals surface area contributed by atoms with Gasteiger partial charge in [-0.2, -0.15) is 9.97 Å². The molecule has 0 radical (unpaired) electrons. The van der Waals surface area contributed by atoms with Gasteiger partial charge < -0.3 is 15.6 Å². The number of nitrogens with one attached hydrogen (secondary N) is 3. The topological polar surface area (TPSA) is 78.5 Å². The van der Waals surface area contributed by atoms with Crippen molar-refractivity contribution in [1.82, 2.24) is 19.9 Å². The van der Waals surface area contributed by atoms with E-state index in [2.05, 4.69) is 58.8 Å². The number of aromatic nitrogens is 4. The van der Waals surface area contributed by atoms with Crippen LogP contribution in [0.15, 0.2) is 22.2 Å². The van der Waals surface area contributed by atoms with E-state index < -0.39 is 0 Å². The second-order valence-electron chi connectivity index (χ2n) is 4.47. The standard InChI is InChI=1S/C13H15BrN6S/c1-2-4-15-13-19-11(10-12(20-13)18-7-17-10)16-6-9-8(14)3-5-21-9/h3,5,7H,2,4,6H2,1H3,(H3,15,16,17,18,19,20). The molecule has 0 aliphatic rings. The largest absolute Gasteiger partial charge is 0.363 e. The third-order valence-corrected chi connectivity index (χ3v) is 4.85. The van der Waals surface area contributed by atoms with Gasteiger partial charge in [-0.15, -0.1) is 11.3 Å². The van der Waals surface area contributed by atoms with Crippen molar-refractivity contribution in [3.63, 3.8) is 0 Å². The molecule has 6 nitrogen and oxygen atoms in total. The maximum Gasteiger partial charge on any atom is 0.226 e. The fourth-order valence-electron chi connectivity index (χ4n) is 1.89. The van der Waals surface area contributed by atoms with E-state index >= 15 is 0 Å². The summed E-state index contributed by atoms with van der Waals surface area (Å²) >= 11 is 5.24. The zero-order chi connectivity index (χ0) is 14.7. The Bertz CT molecular complexity index is 737. The second kappa shape index (κ2) is 6.40. The summed E-state index contributed by atoms with van der Waals surface area (Å²) in [6.45, 7) is 3.65. The lowest BCUT2D eigenvalue weighted by Gasteiger charge is -2.08. The van der Waals surface area contributed by atoms with Crippen molar-refractivity contribution in [2.24, 2.45) is 0 Å². The van der Waals surface area contributed by atoms with Crippen LogP contribution in [0.1, 0.15) is 18.2 Å². The normalized spacial score (nSPS) is 11.0. The molecule has 0 bridgehead atoms. The molecule has 0 aliphatic heterocycles. The molecule has 110 valence electrons. The average molecular weight is 367 g/mol. The van der Waals surface area contributed by atoms with Gasteiger partial charge >= 0.3 is 0 Å². The fraction of sp³-hybridized carbons (Fsp3) is 0.308. The number of H-pyrrole nitrogens is 1. The van der Waals surface area contributed by atoms with Gasteiger partial charge in [0.2, 0.25) is 5.95 Å². The van der Waals surface area contributed by atoms with Crippen LogP contribution in [0.25, 0.3) is 11.2 Å². The predicted molar refractivity (Wildman–Crippen MR) is 89.8 cm³/mol. The van der Waals surface area contributed by atoms with Gasteiger partial charge in [0.1, 0.15) is 5.52 Å². The molecule has 0 amide bonds. The Morgan fingerprint density at radius 1 is 1.33 bits per heavy atom. The van der Waals surface area contributed by atoms with E-state index in [9.17, 15) is 0 Å². The zero-order valence-corrected chi connectivity index (χ0v) is 13.9. The molecule has 0 saturated carbocycles. The molecule has 0 spiro atoms. The molecule has 3 heterocycles. The first kappa shape index (κ1) is 14.3. The number of thiophene rings is 1. The van der Waals surface area contributed by atoms with E-state index in [4.69, 9.17) is 0 Å². The Kier molecular flexibility index (Phi) is 4.35. The summed E-state index contributed by atoms with van der Waals surface area (Å²) in [6.07, 6.45) is 2.65. The summed E-state index contributed by atoms with van der Waals surface area (Å²) < 4.78 is 1.11. The molecule has 0 aromatic carbocycles. The minimum Gasteiger partial charge on any atom is -0.363 e. The fourth-order valence-corrected chi connectivity index (χ4v) is 3.32. The average Bonchev–Trinajstić information content (AvgIpc) is 3.11. The summed E-state index contributed by atoms with van der Waals surface area (Å²) in [5.74, 6) is 1.36. The molecular weight excluding hydrogens is 352 g/mol. The van der Waals surface area contributed by atoms with Gasteiger partial charge in [-0.25, -0.2) is 4.98 Å². The number of imidazole rings is 1. The maximum atomic E-state index is 4.52. The molecule has 3 N–H and O–H groups in total. The Labute approximate surface area is 134 Å². The number of fused-ring (bicyclic) bond motifs is 1. The van der Waals surface area contributed by atoms with E-state index in [1.807, 2.05) is 6.07 Å². The SMILES string of the molecule is CCCNc1nc(NCc2sccc2Br)c2[nH]cnc2n1. The van der Waals surface area contributed by atoms with Crippen LogP contribution < -0.4 is 10.6 Å². The van der Waals surface area contributed by atoms with Crippen molar-refractivity contribution in [2.45, 2.75) is 19.9 Å². The molecule has 8 heteroatoms. The number of halogens is 1. The first-order valence-corrected chi connectivity index (χ1v) is 8.36. The molecule has 0 unspecified atom stereocenters. The Morgan fingerprint density at radius 3 is 3.00 bits per heavy atom. The lowest BCUT2D eigenvalue weighted by atomic mass is 10.4. The second-order valence-corrected chi connectivity index (χ2v) is 6.32. The predicted octanol–water partition coefficient (Wildman–Crippen LogP) is 3.61.